The van der Waals surface area contributed by atoms with Gasteiger partial charge in [-0.25, -0.2) is 0 Å². The second-order valence-corrected chi connectivity index (χ2v) is 5.32. The number of hydrogen-bond acceptors (Lipinski definition) is 3. The third-order valence-corrected chi connectivity index (χ3v) is 3.15. The van der Waals surface area contributed by atoms with E-state index in [9.17, 15) is 4.79 Å². The van der Waals surface area contributed by atoms with Crippen LogP contribution in [0.3, 0.4) is 0 Å². The third-order valence-electron chi connectivity index (χ3n) is 3.15. The van der Waals surface area contributed by atoms with E-state index in [2.05, 4.69) is 0 Å². The number of carbonyl (C=O) groups is 1. The van der Waals surface area contributed by atoms with E-state index in [1.807, 2.05) is 55.5 Å². The molecule has 1 saturated heterocycles. The Labute approximate surface area is 125 Å². The topological polar surface area (TPSA) is 38.8 Å². The minimum Gasteiger partial charge on any atom is -0.336 e. The van der Waals surface area contributed by atoms with Gasteiger partial charge in [0.25, 0.3) is 5.91 Å². The van der Waals surface area contributed by atoms with Crippen LogP contribution in [0.25, 0.3) is 0 Å². The summed E-state index contributed by atoms with van der Waals surface area (Å²) in [6.45, 7) is 5.76. The number of nitrogens with zero attached hydrogens (tertiary/aromatic N) is 1. The Kier molecular flexibility index (Phi) is 4.94. The third kappa shape index (κ3) is 3.80. The zero-order chi connectivity index (χ0) is 15.3. The Bertz CT molecular complexity index is 534. The fraction of sp³-hybridized carbons (Fsp3) is 0.353. The molecule has 1 aliphatic heterocycles. The van der Waals surface area contributed by atoms with Gasteiger partial charge in [0.1, 0.15) is 12.2 Å². The number of benzene rings is 1. The van der Waals surface area contributed by atoms with Crippen molar-refractivity contribution < 1.29 is 14.4 Å². The summed E-state index contributed by atoms with van der Waals surface area (Å²) in [5, 5.41) is 1.31. The van der Waals surface area contributed by atoms with E-state index in [0.717, 1.165) is 5.56 Å². The molecule has 0 aliphatic carbocycles. The molecule has 0 spiro atoms. The molecule has 4 heteroatoms. The lowest BCUT2D eigenvalue weighted by Crippen LogP contribution is -2.37. The standard InChI is InChI=1S/C17H21NO3/c1-4-5-7-12-15-18(16(19)17(2,3)21-15)20-13-14-10-8-6-9-11-14/h4-12,15H,13H2,1-3H3. The van der Waals surface area contributed by atoms with E-state index in [4.69, 9.17) is 9.57 Å². The summed E-state index contributed by atoms with van der Waals surface area (Å²) in [4.78, 5) is 18.0. The van der Waals surface area contributed by atoms with E-state index < -0.39 is 11.8 Å². The first-order chi connectivity index (χ1) is 10.0. The highest BCUT2D eigenvalue weighted by atomic mass is 16.7. The minimum atomic E-state index is -0.873. The molecular formula is C17H21NO3. The number of allylic oxidation sites excluding steroid dienone is 3. The zero-order valence-electron chi connectivity index (χ0n) is 12.7. The quantitative estimate of drug-likeness (QED) is 0.781. The van der Waals surface area contributed by atoms with Gasteiger partial charge in [-0.05, 0) is 32.4 Å². The van der Waals surface area contributed by atoms with Gasteiger partial charge in [-0.15, -0.1) is 0 Å². The van der Waals surface area contributed by atoms with Gasteiger partial charge in [0.15, 0.2) is 6.23 Å². The smallest absolute Gasteiger partial charge is 0.280 e. The fourth-order valence-electron chi connectivity index (χ4n) is 2.02. The maximum absolute atomic E-state index is 12.3. The normalized spacial score (nSPS) is 21.8. The predicted molar refractivity (Wildman–Crippen MR) is 81.0 cm³/mol. The van der Waals surface area contributed by atoms with Crippen LogP contribution in [0.2, 0.25) is 0 Å². The summed E-state index contributed by atoms with van der Waals surface area (Å²) in [7, 11) is 0. The molecule has 1 aromatic carbocycles. The lowest BCUT2D eigenvalue weighted by molar-refractivity contribution is -0.204. The molecule has 0 aromatic heterocycles. The number of amides is 1. The molecule has 0 bridgehead atoms. The molecule has 21 heavy (non-hydrogen) atoms. The van der Waals surface area contributed by atoms with Crippen molar-refractivity contribution in [2.75, 3.05) is 0 Å². The molecule has 4 nitrogen and oxygen atoms in total. The van der Waals surface area contributed by atoms with Crippen molar-refractivity contribution in [3.05, 3.63) is 60.2 Å². The summed E-state index contributed by atoms with van der Waals surface area (Å²) in [6.07, 6.45) is 6.94. The van der Waals surface area contributed by atoms with Crippen molar-refractivity contribution in [2.24, 2.45) is 0 Å². The molecule has 1 aliphatic rings. The summed E-state index contributed by atoms with van der Waals surface area (Å²) in [5.41, 5.74) is 0.132. The van der Waals surface area contributed by atoms with Crippen LogP contribution in [0.4, 0.5) is 0 Å². The van der Waals surface area contributed by atoms with E-state index in [1.54, 1.807) is 19.9 Å². The van der Waals surface area contributed by atoms with Gasteiger partial charge in [0, 0.05) is 0 Å². The van der Waals surface area contributed by atoms with Gasteiger partial charge < -0.3 is 4.74 Å². The zero-order valence-corrected chi connectivity index (χ0v) is 12.7. The number of hydrogen-bond donors (Lipinski definition) is 0. The Morgan fingerprint density at radius 1 is 1.29 bits per heavy atom. The molecule has 1 amide bonds. The van der Waals surface area contributed by atoms with Gasteiger partial charge in [-0.2, -0.15) is 5.06 Å². The number of ether oxygens (including phenoxy) is 1. The average Bonchev–Trinajstić information content (AvgIpc) is 2.69. The van der Waals surface area contributed by atoms with Gasteiger partial charge >= 0.3 is 0 Å². The van der Waals surface area contributed by atoms with Crippen molar-refractivity contribution >= 4 is 5.91 Å². The summed E-state index contributed by atoms with van der Waals surface area (Å²) in [5.74, 6) is -0.173. The highest BCUT2D eigenvalue weighted by Gasteiger charge is 2.46. The molecule has 1 heterocycles. The predicted octanol–water partition coefficient (Wildman–Crippen LogP) is 3.21. The van der Waals surface area contributed by atoms with Gasteiger partial charge in [0.05, 0.1) is 0 Å². The van der Waals surface area contributed by atoms with Crippen LogP contribution >= 0.6 is 0 Å². The maximum atomic E-state index is 12.3. The van der Waals surface area contributed by atoms with E-state index >= 15 is 0 Å². The lowest BCUT2D eigenvalue weighted by atomic mass is 10.1. The monoisotopic (exact) mass is 287 g/mol. The molecule has 1 atom stereocenters. The molecule has 0 radical (unpaired) electrons. The lowest BCUT2D eigenvalue weighted by Gasteiger charge is -2.19. The fourth-order valence-corrected chi connectivity index (χ4v) is 2.02. The van der Waals surface area contributed by atoms with Crippen LogP contribution in [0, 0.1) is 0 Å². The minimum absolute atomic E-state index is 0.173. The van der Waals surface area contributed by atoms with E-state index in [-0.39, 0.29) is 5.91 Å². The Hall–Kier alpha value is -1.91. The Morgan fingerprint density at radius 3 is 2.67 bits per heavy atom. The van der Waals surface area contributed by atoms with Crippen molar-refractivity contribution in [3.8, 4) is 0 Å². The number of rotatable bonds is 5. The van der Waals surface area contributed by atoms with Crippen molar-refractivity contribution in [1.82, 2.24) is 5.06 Å². The molecule has 0 N–H and O–H groups in total. The average molecular weight is 287 g/mol. The maximum Gasteiger partial charge on any atom is 0.280 e. The highest BCUT2D eigenvalue weighted by molar-refractivity contribution is 5.85. The first-order valence-corrected chi connectivity index (χ1v) is 7.02. The molecule has 112 valence electrons. The van der Waals surface area contributed by atoms with Gasteiger partial charge in [-0.1, -0.05) is 48.6 Å². The first-order valence-electron chi connectivity index (χ1n) is 7.02. The SMILES string of the molecule is CC=CC=CC1OC(C)(C)C(=O)N1OCc1ccccc1. The number of hydroxylamine groups is 2. The molecule has 1 unspecified atom stereocenters. The largest absolute Gasteiger partial charge is 0.336 e. The van der Waals surface area contributed by atoms with Crippen molar-refractivity contribution in [2.45, 2.75) is 39.2 Å². The molecule has 1 aromatic rings. The van der Waals surface area contributed by atoms with Crippen molar-refractivity contribution in [3.63, 3.8) is 0 Å². The van der Waals surface area contributed by atoms with Crippen LogP contribution in [0.1, 0.15) is 26.3 Å². The van der Waals surface area contributed by atoms with Gasteiger partial charge in [0.2, 0.25) is 0 Å². The first kappa shape index (κ1) is 15.5. The summed E-state index contributed by atoms with van der Waals surface area (Å²) in [6, 6.07) is 9.73. The van der Waals surface area contributed by atoms with Crippen LogP contribution in [0.5, 0.6) is 0 Å². The highest BCUT2D eigenvalue weighted by Crippen LogP contribution is 2.28. The van der Waals surface area contributed by atoms with Crippen LogP contribution in [-0.2, 0) is 21.0 Å². The molecule has 2 rings (SSSR count). The molecule has 1 fully saturated rings. The Morgan fingerprint density at radius 2 is 2.00 bits per heavy atom. The van der Waals surface area contributed by atoms with Crippen LogP contribution in [-0.4, -0.2) is 22.8 Å². The van der Waals surface area contributed by atoms with Crippen molar-refractivity contribution in [1.29, 1.82) is 0 Å². The van der Waals surface area contributed by atoms with Gasteiger partial charge in [-0.3, -0.25) is 9.63 Å². The van der Waals surface area contributed by atoms with Crippen LogP contribution in [0.15, 0.2) is 54.6 Å². The summed E-state index contributed by atoms with van der Waals surface area (Å²) >= 11 is 0. The second kappa shape index (κ2) is 6.70. The van der Waals surface area contributed by atoms with Crippen LogP contribution < -0.4 is 0 Å². The molecule has 0 saturated carbocycles. The Balaban J connectivity index is 2.07. The number of carbonyl (C=O) groups excluding carboxylic acids is 1. The van der Waals surface area contributed by atoms with E-state index in [0.29, 0.717) is 6.61 Å². The second-order valence-electron chi connectivity index (χ2n) is 5.32. The van der Waals surface area contributed by atoms with E-state index in [1.165, 1.54) is 5.06 Å². The summed E-state index contributed by atoms with van der Waals surface area (Å²) < 4.78 is 5.74. The molecular weight excluding hydrogens is 266 g/mol.